The monoisotopic (exact) mass is 380 g/mol. The third kappa shape index (κ3) is 3.87. The molecule has 1 aliphatic carbocycles. The maximum atomic E-state index is 13.3. The van der Waals surface area contributed by atoms with Gasteiger partial charge in [0.05, 0.1) is 12.1 Å². The number of hydrogen-bond donors (Lipinski definition) is 0. The van der Waals surface area contributed by atoms with Crippen LogP contribution < -0.4 is 0 Å². The summed E-state index contributed by atoms with van der Waals surface area (Å²) in [5, 5.41) is 0. The van der Waals surface area contributed by atoms with Gasteiger partial charge in [-0.3, -0.25) is 9.59 Å². The van der Waals surface area contributed by atoms with E-state index in [-0.39, 0.29) is 29.8 Å². The van der Waals surface area contributed by atoms with Crippen LogP contribution in [0.1, 0.15) is 63.4 Å². The van der Waals surface area contributed by atoms with Crippen molar-refractivity contribution < 1.29 is 9.59 Å². The van der Waals surface area contributed by atoms with Crippen LogP contribution >= 0.6 is 0 Å². The van der Waals surface area contributed by atoms with E-state index in [1.165, 1.54) is 5.56 Å². The highest BCUT2D eigenvalue weighted by atomic mass is 16.2. The van der Waals surface area contributed by atoms with Gasteiger partial charge in [-0.1, -0.05) is 55.3 Å². The largest absolute Gasteiger partial charge is 0.337 e. The highest BCUT2D eigenvalue weighted by Gasteiger charge is 2.48. The van der Waals surface area contributed by atoms with Gasteiger partial charge in [-0.05, 0) is 37.2 Å². The fourth-order valence-electron chi connectivity index (χ4n) is 5.48. The van der Waals surface area contributed by atoms with Gasteiger partial charge in [-0.2, -0.15) is 0 Å². The van der Waals surface area contributed by atoms with Crippen LogP contribution in [0.5, 0.6) is 0 Å². The van der Waals surface area contributed by atoms with E-state index in [2.05, 4.69) is 46.2 Å². The molecule has 4 rings (SSSR count). The lowest BCUT2D eigenvalue weighted by Crippen LogP contribution is -2.51. The van der Waals surface area contributed by atoms with Gasteiger partial charge in [0.2, 0.25) is 11.8 Å². The SMILES string of the molecule is CC(=O)N1CCCCC[C@@H]2[C@@H]1[C@H](c1ccccc1)CN2C(=O)C[C@@H]1C=CCC1. The van der Waals surface area contributed by atoms with Gasteiger partial charge in [0.25, 0.3) is 0 Å². The molecule has 4 nitrogen and oxygen atoms in total. The molecule has 0 bridgehead atoms. The first-order valence-corrected chi connectivity index (χ1v) is 10.9. The van der Waals surface area contributed by atoms with Gasteiger partial charge in [-0.15, -0.1) is 0 Å². The van der Waals surface area contributed by atoms with Crippen LogP contribution in [0.4, 0.5) is 0 Å². The third-order valence-electron chi connectivity index (χ3n) is 6.86. The predicted molar refractivity (Wildman–Crippen MR) is 111 cm³/mol. The molecule has 150 valence electrons. The first-order chi connectivity index (χ1) is 13.6. The average molecular weight is 381 g/mol. The van der Waals surface area contributed by atoms with Crippen LogP contribution in [-0.2, 0) is 9.59 Å². The topological polar surface area (TPSA) is 40.6 Å². The minimum atomic E-state index is 0.100. The molecule has 1 aromatic rings. The number of rotatable bonds is 3. The number of benzene rings is 1. The van der Waals surface area contributed by atoms with Gasteiger partial charge < -0.3 is 9.80 Å². The first-order valence-electron chi connectivity index (χ1n) is 10.9. The van der Waals surface area contributed by atoms with Crippen molar-refractivity contribution in [1.82, 2.24) is 9.80 Å². The Balaban J connectivity index is 1.65. The van der Waals surface area contributed by atoms with Crippen LogP contribution in [0.15, 0.2) is 42.5 Å². The maximum Gasteiger partial charge on any atom is 0.223 e. The van der Waals surface area contributed by atoms with Crippen molar-refractivity contribution in [3.8, 4) is 0 Å². The number of nitrogens with zero attached hydrogens (tertiary/aromatic N) is 2. The Kier molecular flexibility index (Phi) is 5.84. The second-order valence-electron chi connectivity index (χ2n) is 8.65. The van der Waals surface area contributed by atoms with E-state index in [4.69, 9.17) is 0 Å². The Morgan fingerprint density at radius 2 is 1.86 bits per heavy atom. The zero-order valence-corrected chi connectivity index (χ0v) is 16.9. The Bertz CT molecular complexity index is 729. The molecule has 0 N–H and O–H groups in total. The minimum Gasteiger partial charge on any atom is -0.337 e. The number of fused-ring (bicyclic) bond motifs is 1. The Morgan fingerprint density at radius 1 is 1.04 bits per heavy atom. The molecule has 3 aliphatic rings. The molecule has 2 aliphatic heterocycles. The second-order valence-corrected chi connectivity index (χ2v) is 8.65. The normalized spacial score (nSPS) is 30.0. The quantitative estimate of drug-likeness (QED) is 0.740. The zero-order chi connectivity index (χ0) is 19.5. The summed E-state index contributed by atoms with van der Waals surface area (Å²) in [4.78, 5) is 30.1. The molecule has 0 radical (unpaired) electrons. The van der Waals surface area contributed by atoms with Gasteiger partial charge in [0.15, 0.2) is 0 Å². The van der Waals surface area contributed by atoms with Crippen molar-refractivity contribution in [3.63, 3.8) is 0 Å². The lowest BCUT2D eigenvalue weighted by atomic mass is 9.87. The number of likely N-dealkylation sites (tertiary alicyclic amines) is 2. The van der Waals surface area contributed by atoms with Crippen molar-refractivity contribution in [2.24, 2.45) is 5.92 Å². The standard InChI is InChI=1S/C24H32N2O2/c1-18(27)25-15-9-3-6-14-22-24(25)21(20-12-4-2-5-13-20)17-26(22)23(28)16-19-10-7-8-11-19/h2,4-5,7,10,12-13,19,21-22,24H,3,6,8-9,11,14-17H2,1H3/t19-,21+,22-,24+/m1/s1. The molecule has 2 heterocycles. The average Bonchev–Trinajstić information content (AvgIpc) is 3.30. The summed E-state index contributed by atoms with van der Waals surface area (Å²) in [6, 6.07) is 10.7. The molecule has 0 unspecified atom stereocenters. The molecule has 1 aromatic carbocycles. The van der Waals surface area contributed by atoms with Crippen LogP contribution in [0.2, 0.25) is 0 Å². The predicted octanol–water partition coefficient (Wildman–Crippen LogP) is 4.13. The maximum absolute atomic E-state index is 13.3. The van der Waals surface area contributed by atoms with Crippen molar-refractivity contribution in [2.75, 3.05) is 13.1 Å². The van der Waals surface area contributed by atoms with Crippen LogP contribution in [0.3, 0.4) is 0 Å². The first kappa shape index (κ1) is 19.2. The van der Waals surface area contributed by atoms with E-state index in [0.29, 0.717) is 12.3 Å². The van der Waals surface area contributed by atoms with E-state index >= 15 is 0 Å². The molecule has 2 fully saturated rings. The fraction of sp³-hybridized carbons (Fsp3) is 0.583. The number of carbonyl (C=O) groups excluding carboxylic acids is 2. The smallest absolute Gasteiger partial charge is 0.223 e. The van der Waals surface area contributed by atoms with Gasteiger partial charge >= 0.3 is 0 Å². The van der Waals surface area contributed by atoms with Crippen molar-refractivity contribution in [2.45, 2.75) is 69.9 Å². The molecule has 4 heteroatoms. The van der Waals surface area contributed by atoms with Crippen molar-refractivity contribution >= 4 is 11.8 Å². The molecule has 2 saturated heterocycles. The number of amides is 2. The van der Waals surface area contributed by atoms with Gasteiger partial charge in [0.1, 0.15) is 0 Å². The molecular weight excluding hydrogens is 348 g/mol. The van der Waals surface area contributed by atoms with E-state index < -0.39 is 0 Å². The van der Waals surface area contributed by atoms with E-state index in [1.807, 2.05) is 6.07 Å². The molecular formula is C24H32N2O2. The molecule has 4 atom stereocenters. The number of hydrogen-bond acceptors (Lipinski definition) is 2. The summed E-state index contributed by atoms with van der Waals surface area (Å²) in [6.07, 6.45) is 11.5. The highest BCUT2D eigenvalue weighted by molar-refractivity contribution is 5.79. The molecule has 0 aromatic heterocycles. The lowest BCUT2D eigenvalue weighted by molar-refractivity contribution is -0.137. The van der Waals surface area contributed by atoms with Crippen LogP contribution in [-0.4, -0.2) is 46.8 Å². The van der Waals surface area contributed by atoms with E-state index in [9.17, 15) is 9.59 Å². The Morgan fingerprint density at radius 3 is 2.57 bits per heavy atom. The van der Waals surface area contributed by atoms with Crippen molar-refractivity contribution in [1.29, 1.82) is 0 Å². The number of allylic oxidation sites excluding steroid dienone is 2. The highest BCUT2D eigenvalue weighted by Crippen LogP contribution is 2.40. The summed E-state index contributed by atoms with van der Waals surface area (Å²) >= 11 is 0. The molecule has 28 heavy (non-hydrogen) atoms. The Hall–Kier alpha value is -2.10. The van der Waals surface area contributed by atoms with Gasteiger partial charge in [-0.25, -0.2) is 0 Å². The summed E-state index contributed by atoms with van der Waals surface area (Å²) < 4.78 is 0. The Labute approximate surface area is 168 Å². The molecule has 0 spiro atoms. The van der Waals surface area contributed by atoms with E-state index in [1.54, 1.807) is 6.92 Å². The third-order valence-corrected chi connectivity index (χ3v) is 6.86. The van der Waals surface area contributed by atoms with Crippen LogP contribution in [0, 0.1) is 5.92 Å². The van der Waals surface area contributed by atoms with E-state index in [0.717, 1.165) is 51.6 Å². The zero-order valence-electron chi connectivity index (χ0n) is 16.9. The lowest BCUT2D eigenvalue weighted by Gasteiger charge is -2.38. The van der Waals surface area contributed by atoms with Gasteiger partial charge in [0, 0.05) is 32.4 Å². The fourth-order valence-corrected chi connectivity index (χ4v) is 5.48. The summed E-state index contributed by atoms with van der Waals surface area (Å²) in [5.74, 6) is 1.01. The summed E-state index contributed by atoms with van der Waals surface area (Å²) in [6.45, 7) is 3.24. The van der Waals surface area contributed by atoms with Crippen molar-refractivity contribution in [3.05, 3.63) is 48.0 Å². The molecule has 0 saturated carbocycles. The molecule has 2 amide bonds. The summed E-state index contributed by atoms with van der Waals surface area (Å²) in [5.41, 5.74) is 1.25. The second kappa shape index (κ2) is 8.50. The summed E-state index contributed by atoms with van der Waals surface area (Å²) in [7, 11) is 0. The van der Waals surface area contributed by atoms with Crippen LogP contribution in [0.25, 0.3) is 0 Å². The number of carbonyl (C=O) groups is 2. The minimum absolute atomic E-state index is 0.100.